The minimum absolute atomic E-state index is 0.208. The van der Waals surface area contributed by atoms with Crippen molar-refractivity contribution < 1.29 is 19.2 Å². The van der Waals surface area contributed by atoms with Crippen LogP contribution < -0.4 is 15.5 Å². The smallest absolute Gasteiger partial charge is 0.329 e. The van der Waals surface area contributed by atoms with E-state index in [-0.39, 0.29) is 24.8 Å². The molecule has 0 aliphatic carbocycles. The number of anilines is 1. The van der Waals surface area contributed by atoms with Gasteiger partial charge in [-0.2, -0.15) is 0 Å². The minimum atomic E-state index is -0.975. The Bertz CT molecular complexity index is 1100. The van der Waals surface area contributed by atoms with Crippen molar-refractivity contribution in [2.24, 2.45) is 0 Å². The zero-order chi connectivity index (χ0) is 23.7. The summed E-state index contributed by atoms with van der Waals surface area (Å²) < 4.78 is 0. The summed E-state index contributed by atoms with van der Waals surface area (Å²) in [6, 6.07) is 12.7. The van der Waals surface area contributed by atoms with Gasteiger partial charge in [0.05, 0.1) is 12.1 Å². The number of nitrogens with one attached hydrogen (secondary N) is 2. The highest BCUT2D eigenvalue weighted by molar-refractivity contribution is 6.22. The van der Waals surface area contributed by atoms with E-state index in [4.69, 9.17) is 0 Å². The van der Waals surface area contributed by atoms with Gasteiger partial charge >= 0.3 is 6.03 Å². The molecule has 1 fully saturated rings. The highest BCUT2D eigenvalue weighted by atomic mass is 16.2. The Labute approximate surface area is 192 Å². The quantitative estimate of drug-likeness (QED) is 0.686. The molecule has 0 saturated carbocycles. The van der Waals surface area contributed by atoms with E-state index in [2.05, 4.69) is 24.5 Å². The monoisotopic (exact) mass is 448 g/mol. The Kier molecular flexibility index (Phi) is 6.18. The third-order valence-electron chi connectivity index (χ3n) is 6.33. The van der Waals surface area contributed by atoms with Gasteiger partial charge in [-0.15, -0.1) is 0 Å². The van der Waals surface area contributed by atoms with Gasteiger partial charge in [0.15, 0.2) is 0 Å². The summed E-state index contributed by atoms with van der Waals surface area (Å²) in [6.07, 6.45) is 0.196. The Balaban J connectivity index is 1.51. The number of rotatable bonds is 5. The average molecular weight is 449 g/mol. The van der Waals surface area contributed by atoms with E-state index >= 15 is 0 Å². The number of imide groups is 1. The molecule has 0 aromatic heterocycles. The van der Waals surface area contributed by atoms with Crippen molar-refractivity contribution in [2.45, 2.75) is 51.2 Å². The van der Waals surface area contributed by atoms with Crippen LogP contribution in [0.5, 0.6) is 0 Å². The predicted molar refractivity (Wildman–Crippen MR) is 124 cm³/mol. The third-order valence-corrected chi connectivity index (χ3v) is 6.33. The largest absolute Gasteiger partial charge is 0.357 e. The Morgan fingerprint density at radius 3 is 2.36 bits per heavy atom. The normalized spacial score (nSPS) is 20.0. The minimum Gasteiger partial charge on any atom is -0.357 e. The molecule has 1 saturated heterocycles. The molecule has 0 spiro atoms. The highest BCUT2D eigenvalue weighted by Crippen LogP contribution is 2.27. The number of hydrogen-bond donors (Lipinski definition) is 2. The average Bonchev–Trinajstić information content (AvgIpc) is 3.10. The first-order valence-corrected chi connectivity index (χ1v) is 11.1. The first kappa shape index (κ1) is 22.5. The zero-order valence-electron chi connectivity index (χ0n) is 19.0. The van der Waals surface area contributed by atoms with Gasteiger partial charge in [-0.3, -0.25) is 14.4 Å². The van der Waals surface area contributed by atoms with Gasteiger partial charge in [-0.05, 0) is 34.7 Å². The van der Waals surface area contributed by atoms with Crippen LogP contribution in [0.3, 0.4) is 0 Å². The molecule has 2 aromatic carbocycles. The molecule has 2 aliphatic rings. The molecule has 2 aromatic rings. The number of likely N-dealkylation sites (N-methyl/N-ethyl adjacent to an activating group) is 1. The van der Waals surface area contributed by atoms with Crippen LogP contribution in [0.1, 0.15) is 42.9 Å². The first-order chi connectivity index (χ1) is 15.8. The summed E-state index contributed by atoms with van der Waals surface area (Å²) in [7, 11) is 1.54. The fraction of sp³-hybridized carbons (Fsp3) is 0.360. The maximum absolute atomic E-state index is 13.2. The van der Waals surface area contributed by atoms with E-state index < -0.39 is 24.0 Å². The molecule has 8 heteroatoms. The van der Waals surface area contributed by atoms with E-state index in [1.54, 1.807) is 12.1 Å². The number of carbonyl (C=O) groups is 4. The van der Waals surface area contributed by atoms with E-state index in [9.17, 15) is 19.2 Å². The molecular formula is C25H28N4O4. The van der Waals surface area contributed by atoms with Crippen molar-refractivity contribution in [2.75, 3.05) is 11.9 Å². The fourth-order valence-corrected chi connectivity index (χ4v) is 4.40. The topological polar surface area (TPSA) is 98.8 Å². The number of benzene rings is 2. The molecule has 5 amide bonds. The maximum atomic E-state index is 13.2. The van der Waals surface area contributed by atoms with Crippen molar-refractivity contribution in [1.29, 1.82) is 0 Å². The summed E-state index contributed by atoms with van der Waals surface area (Å²) >= 11 is 0. The summed E-state index contributed by atoms with van der Waals surface area (Å²) in [6.45, 7) is 4.41. The fourth-order valence-electron chi connectivity index (χ4n) is 4.40. The van der Waals surface area contributed by atoms with Gasteiger partial charge in [-0.25, -0.2) is 9.69 Å². The van der Waals surface area contributed by atoms with Crippen LogP contribution in [0.25, 0.3) is 0 Å². The van der Waals surface area contributed by atoms with Crippen LogP contribution in [-0.2, 0) is 27.3 Å². The summed E-state index contributed by atoms with van der Waals surface area (Å²) in [5, 5.41) is 5.25. The standard InChI is InChI=1S/C25H28N4O4/c1-15(2)16-8-10-19(11-9-16)29-24(32)20(27-25(29)33)13-22(30)28-14-18-7-5-4-6-17(18)12-21(28)23(31)26-3/h4-11,15,20-21H,12-14H2,1-3H3,(H,26,31)(H,27,33)/t20-,21-/m1/s1. The SMILES string of the molecule is CNC(=O)[C@H]1Cc2ccccc2CN1C(=O)C[C@H]1NC(=O)N(c2ccc(C(C)C)cc2)C1=O. The number of carbonyl (C=O) groups excluding carboxylic acids is 4. The van der Waals surface area contributed by atoms with Gasteiger partial charge in [-0.1, -0.05) is 50.2 Å². The molecule has 8 nitrogen and oxygen atoms in total. The predicted octanol–water partition coefficient (Wildman–Crippen LogP) is 2.32. The number of hydrogen-bond acceptors (Lipinski definition) is 4. The molecule has 33 heavy (non-hydrogen) atoms. The highest BCUT2D eigenvalue weighted by Gasteiger charge is 2.42. The molecule has 4 rings (SSSR count). The summed E-state index contributed by atoms with van der Waals surface area (Å²) in [5.74, 6) is -0.754. The molecular weight excluding hydrogens is 420 g/mol. The molecule has 2 N–H and O–H groups in total. The van der Waals surface area contributed by atoms with Crippen molar-refractivity contribution >= 4 is 29.4 Å². The van der Waals surface area contributed by atoms with E-state index in [1.807, 2.05) is 36.4 Å². The summed E-state index contributed by atoms with van der Waals surface area (Å²) in [4.78, 5) is 53.9. The Morgan fingerprint density at radius 1 is 1.06 bits per heavy atom. The number of amides is 5. The second-order valence-corrected chi connectivity index (χ2v) is 8.75. The van der Waals surface area contributed by atoms with Crippen molar-refractivity contribution in [3.05, 3.63) is 65.2 Å². The zero-order valence-corrected chi connectivity index (χ0v) is 19.0. The molecule has 2 atom stereocenters. The lowest BCUT2D eigenvalue weighted by Crippen LogP contribution is -2.53. The molecule has 2 heterocycles. The molecule has 0 radical (unpaired) electrons. The van der Waals surface area contributed by atoms with Crippen LogP contribution in [0.2, 0.25) is 0 Å². The van der Waals surface area contributed by atoms with Crippen molar-refractivity contribution in [1.82, 2.24) is 15.5 Å². The Morgan fingerprint density at radius 2 is 1.73 bits per heavy atom. The lowest BCUT2D eigenvalue weighted by atomic mass is 9.93. The Hall–Kier alpha value is -3.68. The van der Waals surface area contributed by atoms with Crippen LogP contribution in [0.15, 0.2) is 48.5 Å². The van der Waals surface area contributed by atoms with Crippen molar-refractivity contribution in [3.63, 3.8) is 0 Å². The molecule has 0 bridgehead atoms. The van der Waals surface area contributed by atoms with Gasteiger partial charge in [0.25, 0.3) is 5.91 Å². The van der Waals surface area contributed by atoms with Gasteiger partial charge in [0.1, 0.15) is 12.1 Å². The van der Waals surface area contributed by atoms with E-state index in [0.29, 0.717) is 18.0 Å². The van der Waals surface area contributed by atoms with Crippen LogP contribution in [-0.4, -0.2) is 47.8 Å². The number of nitrogens with zero attached hydrogens (tertiary/aromatic N) is 2. The van der Waals surface area contributed by atoms with Gasteiger partial charge in [0, 0.05) is 20.0 Å². The van der Waals surface area contributed by atoms with Gasteiger partial charge in [0.2, 0.25) is 11.8 Å². The van der Waals surface area contributed by atoms with Crippen LogP contribution >= 0.6 is 0 Å². The molecule has 2 aliphatic heterocycles. The lowest BCUT2D eigenvalue weighted by molar-refractivity contribution is -0.142. The number of urea groups is 1. The second-order valence-electron chi connectivity index (χ2n) is 8.75. The molecule has 172 valence electrons. The van der Waals surface area contributed by atoms with E-state index in [0.717, 1.165) is 21.6 Å². The second kappa shape index (κ2) is 9.05. The third kappa shape index (κ3) is 4.33. The van der Waals surface area contributed by atoms with E-state index in [1.165, 1.54) is 11.9 Å². The van der Waals surface area contributed by atoms with Crippen LogP contribution in [0, 0.1) is 0 Å². The maximum Gasteiger partial charge on any atom is 0.329 e. The number of fused-ring (bicyclic) bond motifs is 1. The van der Waals surface area contributed by atoms with Crippen molar-refractivity contribution in [3.8, 4) is 0 Å². The summed E-state index contributed by atoms with van der Waals surface area (Å²) in [5.41, 5.74) is 3.56. The lowest BCUT2D eigenvalue weighted by Gasteiger charge is -2.36. The molecule has 0 unspecified atom stereocenters. The van der Waals surface area contributed by atoms with Gasteiger partial charge < -0.3 is 15.5 Å². The first-order valence-electron chi connectivity index (χ1n) is 11.1. The van der Waals surface area contributed by atoms with Crippen LogP contribution in [0.4, 0.5) is 10.5 Å².